The van der Waals surface area contributed by atoms with Crippen LogP contribution in [-0.2, 0) is 29.2 Å². The maximum Gasteiger partial charge on any atom is 0.288 e. The molecule has 0 bridgehead atoms. The van der Waals surface area contributed by atoms with E-state index in [0.29, 0.717) is 56.0 Å². The Morgan fingerprint density at radius 1 is 1.21 bits per heavy atom. The fraction of sp³-hybridized carbons (Fsp3) is 0.667. The first-order chi connectivity index (χ1) is 20.4. The van der Waals surface area contributed by atoms with Crippen molar-refractivity contribution in [2.45, 2.75) is 72.8 Å². The zero-order chi connectivity index (χ0) is 30.4. The largest absolute Gasteiger partial charge is 0.377 e. The van der Waals surface area contributed by atoms with Crippen LogP contribution in [0.5, 0.6) is 0 Å². The number of nitrogens with one attached hydrogen (secondary N) is 2. The third-order valence-corrected chi connectivity index (χ3v) is 11.7. The number of thioether (sulfide) groups is 1. The number of aromatic nitrogens is 2. The molecule has 1 atom stereocenters. The Bertz CT molecular complexity index is 1610. The number of piperazine rings is 1. The number of fused-ring (bicyclic) bond motifs is 1. The van der Waals surface area contributed by atoms with E-state index in [0.717, 1.165) is 30.3 Å². The van der Waals surface area contributed by atoms with Gasteiger partial charge in [-0.05, 0) is 45.6 Å². The van der Waals surface area contributed by atoms with Crippen LogP contribution in [0.2, 0.25) is 0 Å². The van der Waals surface area contributed by atoms with E-state index in [2.05, 4.69) is 15.2 Å². The SMILES string of the molecule is COC1(C(=O)N2CCN(c3cc(S(=O)(=O)NC4(C)COC4)cn4c(C5(C)NN=C(C(F)F)S5)c(C5CC5)nc34)CC2)CC1. The summed E-state index contributed by atoms with van der Waals surface area (Å²) in [6.07, 6.45) is 2.02. The van der Waals surface area contributed by atoms with Crippen molar-refractivity contribution in [3.05, 3.63) is 23.7 Å². The number of imidazole rings is 1. The molecule has 43 heavy (non-hydrogen) atoms. The number of hydrogen-bond acceptors (Lipinski definition) is 10. The Morgan fingerprint density at radius 2 is 1.91 bits per heavy atom. The molecule has 2 N–H and O–H groups in total. The van der Waals surface area contributed by atoms with Crippen molar-refractivity contribution >= 4 is 44.1 Å². The molecule has 1 unspecified atom stereocenters. The van der Waals surface area contributed by atoms with Gasteiger partial charge in [0.2, 0.25) is 10.0 Å². The summed E-state index contributed by atoms with van der Waals surface area (Å²) in [6, 6.07) is 1.63. The highest BCUT2D eigenvalue weighted by Gasteiger charge is 2.53. The van der Waals surface area contributed by atoms with Crippen LogP contribution in [0.15, 0.2) is 22.3 Å². The minimum absolute atomic E-state index is 0.0116. The van der Waals surface area contributed by atoms with Gasteiger partial charge >= 0.3 is 0 Å². The number of ether oxygens (including phenoxy) is 2. The summed E-state index contributed by atoms with van der Waals surface area (Å²) in [5.74, 6) is 0.127. The summed E-state index contributed by atoms with van der Waals surface area (Å²) < 4.78 is 70.2. The highest BCUT2D eigenvalue weighted by Crippen LogP contribution is 2.49. The van der Waals surface area contributed by atoms with Crippen molar-refractivity contribution in [1.29, 1.82) is 0 Å². The number of halogens is 2. The molecular formula is C27H35F2N7O5S2. The van der Waals surface area contributed by atoms with Gasteiger partial charge in [-0.3, -0.25) is 14.6 Å². The molecule has 16 heteroatoms. The Balaban J connectivity index is 1.31. The first-order valence-electron chi connectivity index (χ1n) is 14.5. The van der Waals surface area contributed by atoms with E-state index in [9.17, 15) is 22.0 Å². The molecular weight excluding hydrogens is 604 g/mol. The Kier molecular flexibility index (Phi) is 6.78. The number of nitrogens with zero attached hydrogens (tertiary/aromatic N) is 5. The van der Waals surface area contributed by atoms with Crippen LogP contribution in [0, 0.1) is 0 Å². The fourth-order valence-electron chi connectivity index (χ4n) is 6.13. The van der Waals surface area contributed by atoms with Crippen molar-refractivity contribution in [3.8, 4) is 0 Å². The van der Waals surface area contributed by atoms with Crippen molar-refractivity contribution in [2.75, 3.05) is 51.4 Å². The number of carbonyl (C=O) groups excluding carboxylic acids is 1. The van der Waals surface area contributed by atoms with E-state index in [-0.39, 0.29) is 35.0 Å². The summed E-state index contributed by atoms with van der Waals surface area (Å²) in [4.78, 5) is 20.9. The molecule has 3 aliphatic heterocycles. The van der Waals surface area contributed by atoms with Crippen LogP contribution < -0.4 is 15.0 Å². The molecule has 0 spiro atoms. The number of amides is 1. The summed E-state index contributed by atoms with van der Waals surface area (Å²) >= 11 is 0.921. The first-order valence-corrected chi connectivity index (χ1v) is 16.8. The third-order valence-electron chi connectivity index (χ3n) is 8.92. The van der Waals surface area contributed by atoms with Crippen LogP contribution in [0.4, 0.5) is 14.5 Å². The fourth-order valence-corrected chi connectivity index (χ4v) is 8.52. The van der Waals surface area contributed by atoms with Crippen molar-refractivity contribution in [2.24, 2.45) is 5.10 Å². The zero-order valence-corrected chi connectivity index (χ0v) is 25.9. The van der Waals surface area contributed by atoms with E-state index in [1.807, 2.05) is 4.90 Å². The number of hydrazone groups is 1. The zero-order valence-electron chi connectivity index (χ0n) is 24.2. The van der Waals surface area contributed by atoms with E-state index < -0.39 is 32.5 Å². The van der Waals surface area contributed by atoms with Gasteiger partial charge in [-0.15, -0.1) is 0 Å². The lowest BCUT2D eigenvalue weighted by atomic mass is 10.0. The van der Waals surface area contributed by atoms with Crippen LogP contribution in [0.3, 0.4) is 0 Å². The smallest absolute Gasteiger partial charge is 0.288 e. The van der Waals surface area contributed by atoms with Crippen LogP contribution >= 0.6 is 11.8 Å². The number of pyridine rings is 1. The molecule has 2 aliphatic carbocycles. The van der Waals surface area contributed by atoms with E-state index in [1.54, 1.807) is 36.3 Å². The number of carbonyl (C=O) groups is 1. The molecule has 12 nitrogen and oxygen atoms in total. The lowest BCUT2D eigenvalue weighted by Gasteiger charge is -2.39. The Hall–Kier alpha value is -2.53. The van der Waals surface area contributed by atoms with Crippen LogP contribution in [-0.4, -0.2) is 97.7 Å². The summed E-state index contributed by atoms with van der Waals surface area (Å²) in [5, 5.41) is 3.59. The van der Waals surface area contributed by atoms with Crippen LogP contribution in [0.1, 0.15) is 56.8 Å². The maximum atomic E-state index is 13.8. The lowest BCUT2D eigenvalue weighted by Crippen LogP contribution is -2.59. The van der Waals surface area contributed by atoms with E-state index >= 15 is 0 Å². The van der Waals surface area contributed by atoms with Gasteiger partial charge in [0, 0.05) is 45.4 Å². The molecule has 1 amide bonds. The molecule has 5 heterocycles. The van der Waals surface area contributed by atoms with E-state index in [4.69, 9.17) is 14.5 Å². The Labute approximate surface area is 252 Å². The summed E-state index contributed by atoms with van der Waals surface area (Å²) in [5.41, 5.74) is 3.96. The van der Waals surface area contributed by atoms with Gasteiger partial charge in [0.1, 0.15) is 15.4 Å². The van der Waals surface area contributed by atoms with Gasteiger partial charge < -0.3 is 19.3 Å². The molecule has 5 aliphatic rings. The highest BCUT2D eigenvalue weighted by atomic mass is 32.2. The van der Waals surface area contributed by atoms with E-state index in [1.165, 1.54) is 6.20 Å². The monoisotopic (exact) mass is 639 g/mol. The van der Waals surface area contributed by atoms with Gasteiger partial charge in [0.15, 0.2) is 10.7 Å². The number of alkyl halides is 2. The Morgan fingerprint density at radius 3 is 2.44 bits per heavy atom. The summed E-state index contributed by atoms with van der Waals surface area (Å²) in [7, 11) is -2.45. The second kappa shape index (κ2) is 9.99. The molecule has 2 saturated heterocycles. The molecule has 0 radical (unpaired) electrons. The normalized spacial score (nSPS) is 26.4. The molecule has 2 saturated carbocycles. The quantitative estimate of drug-likeness (QED) is 0.424. The van der Waals surface area contributed by atoms with Crippen LogP contribution in [0.25, 0.3) is 5.65 Å². The van der Waals surface area contributed by atoms with Gasteiger partial charge in [-0.25, -0.2) is 26.9 Å². The van der Waals surface area contributed by atoms with Crippen molar-refractivity contribution in [1.82, 2.24) is 24.4 Å². The van der Waals surface area contributed by atoms with Gasteiger partial charge in [0.25, 0.3) is 12.3 Å². The lowest BCUT2D eigenvalue weighted by molar-refractivity contribution is -0.144. The van der Waals surface area contributed by atoms with Crippen molar-refractivity contribution < 1.29 is 31.5 Å². The summed E-state index contributed by atoms with van der Waals surface area (Å²) in [6.45, 7) is 5.90. The topological polar surface area (TPSA) is 130 Å². The molecule has 2 aromatic rings. The number of anilines is 1. The molecule has 7 rings (SSSR count). The molecule has 4 fully saturated rings. The number of sulfonamides is 1. The van der Waals surface area contributed by atoms with Crippen molar-refractivity contribution in [3.63, 3.8) is 0 Å². The standard InChI is InChI=1S/C27H35F2N7O5S2/c1-25(14-41-15-25)33-43(38,39)17-12-18(34-8-10-35(11-9-34)24(37)27(40-3)6-7-27)22-30-19(16-4-5-16)20(36(22)13-17)26(2)32-31-23(42-26)21(28)29/h12-13,16,21,32-33H,4-11,14-15H2,1-3H3. The molecule has 0 aromatic carbocycles. The number of rotatable bonds is 9. The third kappa shape index (κ3) is 4.98. The minimum Gasteiger partial charge on any atom is -0.377 e. The number of hydrogen-bond donors (Lipinski definition) is 2. The van der Waals surface area contributed by atoms with Gasteiger partial charge in [-0.2, -0.15) is 5.10 Å². The average Bonchev–Trinajstić information content (AvgIpc) is 3.89. The minimum atomic E-state index is -4.01. The first kappa shape index (κ1) is 29.2. The molecule has 2 aromatic heterocycles. The second-order valence-corrected chi connectivity index (χ2v) is 15.6. The maximum absolute atomic E-state index is 13.8. The second-order valence-electron chi connectivity index (χ2n) is 12.5. The predicted octanol–water partition coefficient (Wildman–Crippen LogP) is 2.19. The number of methoxy groups -OCH3 is 1. The molecule has 234 valence electrons. The predicted molar refractivity (Wildman–Crippen MR) is 156 cm³/mol. The van der Waals surface area contributed by atoms with Gasteiger partial charge in [-0.1, -0.05) is 11.8 Å². The highest BCUT2D eigenvalue weighted by molar-refractivity contribution is 8.15. The average molecular weight is 640 g/mol. The van der Waals surface area contributed by atoms with Gasteiger partial charge in [0.05, 0.1) is 35.8 Å².